The number of rotatable bonds is 4. The highest BCUT2D eigenvalue weighted by Gasteiger charge is 2.36. The molecule has 2 aromatic rings. The Bertz CT molecular complexity index is 659. The molecule has 1 amide bonds. The minimum absolute atomic E-state index is 0.297. The van der Waals surface area contributed by atoms with E-state index >= 15 is 0 Å². The first-order valence-corrected chi connectivity index (χ1v) is 7.20. The number of halogens is 1. The van der Waals surface area contributed by atoms with E-state index in [-0.39, 0.29) is 5.91 Å². The zero-order valence-corrected chi connectivity index (χ0v) is 12.5. The summed E-state index contributed by atoms with van der Waals surface area (Å²) in [6, 6.07) is 5.52. The maximum absolute atomic E-state index is 11.7. The Morgan fingerprint density at radius 3 is 3.05 bits per heavy atom. The first kappa shape index (κ1) is 13.2. The van der Waals surface area contributed by atoms with Gasteiger partial charge in [0.05, 0.1) is 6.21 Å². The monoisotopic (exact) mass is 335 g/mol. The maximum Gasteiger partial charge on any atom is 0.287 e. The average Bonchev–Trinajstić information content (AvgIpc) is 2.82. The zero-order valence-electron chi connectivity index (χ0n) is 10.9. The molecule has 2 N–H and O–H groups in total. The molecule has 0 unspecified atom stereocenters. The second-order valence-electron chi connectivity index (χ2n) is 4.99. The number of amides is 1. The van der Waals surface area contributed by atoms with Gasteiger partial charge in [-0.15, -0.1) is 0 Å². The van der Waals surface area contributed by atoms with Crippen LogP contribution < -0.4 is 5.43 Å². The molecule has 0 bridgehead atoms. The molecule has 1 fully saturated rings. The van der Waals surface area contributed by atoms with Crippen molar-refractivity contribution in [2.45, 2.75) is 19.3 Å². The van der Waals surface area contributed by atoms with Gasteiger partial charge in [-0.3, -0.25) is 4.79 Å². The number of hydrazone groups is 1. The van der Waals surface area contributed by atoms with E-state index in [1.54, 1.807) is 12.3 Å². The van der Waals surface area contributed by atoms with Gasteiger partial charge in [-0.2, -0.15) is 5.10 Å². The van der Waals surface area contributed by atoms with Gasteiger partial charge < -0.3 is 9.40 Å². The quantitative estimate of drug-likeness (QED) is 0.665. The molecule has 0 saturated heterocycles. The van der Waals surface area contributed by atoms with E-state index in [4.69, 9.17) is 4.42 Å². The average molecular weight is 336 g/mol. The molecule has 2 heterocycles. The van der Waals surface area contributed by atoms with Crippen molar-refractivity contribution in [2.75, 3.05) is 0 Å². The number of hydrogen-bond donors (Lipinski definition) is 2. The lowest BCUT2D eigenvalue weighted by atomic mass is 10.3. The van der Waals surface area contributed by atoms with E-state index in [2.05, 4.69) is 38.4 Å². The standard InChI is InChI=1S/C14H14BrN3O2/c1-8-4-11(8)13-3-2-10(20-13)7-17-18-14(19)12-5-9(15)6-16-12/h2-3,5-8,11,16H,4H2,1H3,(H,18,19)/b17-7-/t8-,11-/m0/s1. The predicted octanol–water partition coefficient (Wildman–Crippen LogP) is 3.26. The largest absolute Gasteiger partial charge is 0.460 e. The summed E-state index contributed by atoms with van der Waals surface area (Å²) in [5, 5.41) is 3.89. The normalized spacial score (nSPS) is 21.3. The van der Waals surface area contributed by atoms with Crippen LogP contribution in [0.15, 0.2) is 38.4 Å². The number of H-pyrrole nitrogens is 1. The minimum atomic E-state index is -0.297. The van der Waals surface area contributed by atoms with Gasteiger partial charge >= 0.3 is 0 Å². The molecule has 1 aliphatic carbocycles. The van der Waals surface area contributed by atoms with E-state index in [9.17, 15) is 4.79 Å². The third-order valence-corrected chi connectivity index (χ3v) is 3.83. The summed E-state index contributed by atoms with van der Waals surface area (Å²) in [5.41, 5.74) is 2.89. The van der Waals surface area contributed by atoms with Gasteiger partial charge in [0.15, 0.2) is 0 Å². The fraction of sp³-hybridized carbons (Fsp3) is 0.286. The van der Waals surface area contributed by atoms with Crippen LogP contribution in [-0.2, 0) is 0 Å². The van der Waals surface area contributed by atoms with E-state index < -0.39 is 0 Å². The van der Waals surface area contributed by atoms with Crippen LogP contribution in [0.4, 0.5) is 0 Å². The smallest absolute Gasteiger partial charge is 0.287 e. The molecule has 3 rings (SSSR count). The fourth-order valence-corrected chi connectivity index (χ4v) is 2.41. The highest BCUT2D eigenvalue weighted by Crippen LogP contribution is 2.47. The lowest BCUT2D eigenvalue weighted by Crippen LogP contribution is -2.17. The lowest BCUT2D eigenvalue weighted by Gasteiger charge is -1.95. The number of furan rings is 1. The van der Waals surface area contributed by atoms with Crippen molar-refractivity contribution >= 4 is 28.1 Å². The molecule has 6 heteroatoms. The Morgan fingerprint density at radius 1 is 1.60 bits per heavy atom. The molecule has 0 radical (unpaired) electrons. The molecule has 104 valence electrons. The van der Waals surface area contributed by atoms with Gasteiger partial charge in [-0.1, -0.05) is 6.92 Å². The van der Waals surface area contributed by atoms with Gasteiger partial charge in [-0.25, -0.2) is 5.43 Å². The molecular formula is C14H14BrN3O2. The molecule has 2 aromatic heterocycles. The molecule has 0 spiro atoms. The Labute approximate surface area is 124 Å². The maximum atomic E-state index is 11.7. The van der Waals surface area contributed by atoms with Crippen molar-refractivity contribution in [2.24, 2.45) is 11.0 Å². The number of carbonyl (C=O) groups is 1. The van der Waals surface area contributed by atoms with Gasteiger partial charge in [0.1, 0.15) is 17.2 Å². The molecule has 20 heavy (non-hydrogen) atoms. The second-order valence-corrected chi connectivity index (χ2v) is 5.91. The van der Waals surface area contributed by atoms with Crippen LogP contribution in [0.5, 0.6) is 0 Å². The summed E-state index contributed by atoms with van der Waals surface area (Å²) < 4.78 is 6.47. The lowest BCUT2D eigenvalue weighted by molar-refractivity contribution is 0.0951. The zero-order chi connectivity index (χ0) is 14.1. The number of aromatic amines is 1. The summed E-state index contributed by atoms with van der Waals surface area (Å²) in [5.74, 6) is 2.60. The van der Waals surface area contributed by atoms with Crippen LogP contribution >= 0.6 is 15.9 Å². The van der Waals surface area contributed by atoms with E-state index in [0.717, 1.165) is 10.2 Å². The highest BCUT2D eigenvalue weighted by atomic mass is 79.9. The molecule has 1 aliphatic rings. The van der Waals surface area contributed by atoms with Crippen molar-refractivity contribution in [3.05, 3.63) is 46.1 Å². The summed E-state index contributed by atoms with van der Waals surface area (Å²) in [7, 11) is 0. The number of nitrogens with one attached hydrogen (secondary N) is 2. The van der Waals surface area contributed by atoms with Gasteiger partial charge in [-0.05, 0) is 46.5 Å². The predicted molar refractivity (Wildman–Crippen MR) is 78.8 cm³/mol. The van der Waals surface area contributed by atoms with Crippen LogP contribution in [0, 0.1) is 5.92 Å². The van der Waals surface area contributed by atoms with Crippen LogP contribution in [-0.4, -0.2) is 17.1 Å². The third-order valence-electron chi connectivity index (χ3n) is 3.37. The van der Waals surface area contributed by atoms with Crippen molar-refractivity contribution < 1.29 is 9.21 Å². The first-order valence-electron chi connectivity index (χ1n) is 6.40. The SMILES string of the molecule is C[C@H]1C[C@@H]1c1ccc(/C=N\NC(=O)c2cc(Br)c[nH]2)o1. The van der Waals surface area contributed by atoms with Crippen LogP contribution in [0.3, 0.4) is 0 Å². The van der Waals surface area contributed by atoms with Crippen LogP contribution in [0.1, 0.15) is 41.3 Å². The fourth-order valence-electron chi connectivity index (χ4n) is 2.07. The third kappa shape index (κ3) is 2.85. The number of hydrogen-bond acceptors (Lipinski definition) is 3. The van der Waals surface area contributed by atoms with Crippen LogP contribution in [0.2, 0.25) is 0 Å². The van der Waals surface area contributed by atoms with Crippen molar-refractivity contribution in [3.8, 4) is 0 Å². The Kier molecular flexibility index (Phi) is 3.48. The van der Waals surface area contributed by atoms with Crippen molar-refractivity contribution in [3.63, 3.8) is 0 Å². The van der Waals surface area contributed by atoms with Crippen LogP contribution in [0.25, 0.3) is 0 Å². The van der Waals surface area contributed by atoms with E-state index in [1.807, 2.05) is 12.1 Å². The summed E-state index contributed by atoms with van der Waals surface area (Å²) in [4.78, 5) is 14.5. The molecule has 5 nitrogen and oxygen atoms in total. The van der Waals surface area contributed by atoms with E-state index in [0.29, 0.717) is 23.3 Å². The topological polar surface area (TPSA) is 70.4 Å². The summed E-state index contributed by atoms with van der Waals surface area (Å²) in [6.07, 6.45) is 4.38. The second kappa shape index (κ2) is 5.28. The van der Waals surface area contributed by atoms with Crippen molar-refractivity contribution in [1.82, 2.24) is 10.4 Å². The van der Waals surface area contributed by atoms with E-state index in [1.165, 1.54) is 12.6 Å². The summed E-state index contributed by atoms with van der Waals surface area (Å²) >= 11 is 3.27. The summed E-state index contributed by atoms with van der Waals surface area (Å²) in [6.45, 7) is 2.20. The number of aromatic nitrogens is 1. The van der Waals surface area contributed by atoms with Gasteiger partial charge in [0.25, 0.3) is 5.91 Å². The van der Waals surface area contributed by atoms with Gasteiger partial charge in [0, 0.05) is 16.6 Å². The highest BCUT2D eigenvalue weighted by molar-refractivity contribution is 9.10. The molecule has 0 aromatic carbocycles. The Hall–Kier alpha value is -1.82. The number of carbonyl (C=O) groups excluding carboxylic acids is 1. The molecule has 0 aliphatic heterocycles. The molecule has 2 atom stereocenters. The first-order chi connectivity index (χ1) is 9.63. The minimum Gasteiger partial charge on any atom is -0.460 e. The van der Waals surface area contributed by atoms with Crippen molar-refractivity contribution in [1.29, 1.82) is 0 Å². The Morgan fingerprint density at radius 2 is 2.40 bits per heavy atom. The Balaban J connectivity index is 1.57. The molecular weight excluding hydrogens is 322 g/mol. The number of nitrogens with zero attached hydrogens (tertiary/aromatic N) is 1. The molecule has 1 saturated carbocycles. The van der Waals surface area contributed by atoms with Gasteiger partial charge in [0.2, 0.25) is 0 Å².